The smallest absolute Gasteiger partial charge is 0.255 e. The number of amides is 1. The van der Waals surface area contributed by atoms with Gasteiger partial charge in [0.1, 0.15) is 0 Å². The molecule has 7 heteroatoms. The molecule has 1 atom stereocenters. The van der Waals surface area contributed by atoms with Gasteiger partial charge in [0.25, 0.3) is 5.91 Å². The van der Waals surface area contributed by atoms with Gasteiger partial charge in [0.15, 0.2) is 9.84 Å². The lowest BCUT2D eigenvalue weighted by molar-refractivity contribution is 0.0939. The van der Waals surface area contributed by atoms with Gasteiger partial charge in [0.2, 0.25) is 0 Å². The van der Waals surface area contributed by atoms with Crippen molar-refractivity contribution < 1.29 is 13.2 Å². The van der Waals surface area contributed by atoms with E-state index in [9.17, 15) is 13.2 Å². The average molecular weight is 383 g/mol. The number of aromatic nitrogens is 2. The number of carbonyl (C=O) groups is 1. The first-order valence-corrected chi connectivity index (χ1v) is 10.4. The zero-order valence-corrected chi connectivity index (χ0v) is 16.2. The van der Waals surface area contributed by atoms with E-state index in [2.05, 4.69) is 10.4 Å². The Morgan fingerprint density at radius 3 is 2.30 bits per heavy atom. The van der Waals surface area contributed by atoms with E-state index < -0.39 is 9.84 Å². The second kappa shape index (κ2) is 7.36. The highest BCUT2D eigenvalue weighted by atomic mass is 32.2. The molecule has 27 heavy (non-hydrogen) atoms. The van der Waals surface area contributed by atoms with Crippen LogP contribution in [-0.2, 0) is 9.84 Å². The molecule has 1 N–H and O–H groups in total. The van der Waals surface area contributed by atoms with Gasteiger partial charge >= 0.3 is 0 Å². The maximum Gasteiger partial charge on any atom is 0.255 e. The molecule has 0 radical (unpaired) electrons. The first-order chi connectivity index (χ1) is 12.8. The number of nitrogens with one attached hydrogen (secondary N) is 1. The zero-order valence-electron chi connectivity index (χ0n) is 15.4. The molecular weight excluding hydrogens is 362 g/mol. The monoisotopic (exact) mass is 383 g/mol. The van der Waals surface area contributed by atoms with Gasteiger partial charge in [-0.15, -0.1) is 0 Å². The fourth-order valence-corrected chi connectivity index (χ4v) is 3.45. The molecule has 0 aliphatic heterocycles. The maximum atomic E-state index is 12.7. The number of carbonyl (C=O) groups excluding carboxylic acids is 1. The van der Waals surface area contributed by atoms with Crippen LogP contribution in [0.25, 0.3) is 5.69 Å². The lowest BCUT2D eigenvalue weighted by Gasteiger charge is -2.15. The highest BCUT2D eigenvalue weighted by Crippen LogP contribution is 2.18. The third-order valence-corrected chi connectivity index (χ3v) is 5.54. The van der Waals surface area contributed by atoms with Crippen molar-refractivity contribution in [3.05, 3.63) is 77.6 Å². The van der Waals surface area contributed by atoms with E-state index >= 15 is 0 Å². The Kier molecular flexibility index (Phi) is 5.14. The summed E-state index contributed by atoms with van der Waals surface area (Å²) in [5.74, 6) is -0.227. The minimum atomic E-state index is -3.24. The summed E-state index contributed by atoms with van der Waals surface area (Å²) >= 11 is 0. The standard InChI is InChI=1S/C20H21N3O3S/c1-14(16-9-11-18(12-10-16)27(3,25)26)22-20(24)19-13-21-23(15(19)2)17-7-5-4-6-8-17/h4-14H,1-3H3,(H,22,24)/t14-/m0/s1. The summed E-state index contributed by atoms with van der Waals surface area (Å²) < 4.78 is 24.8. The predicted octanol–water partition coefficient (Wildman–Crippen LogP) is 3.08. The molecule has 6 nitrogen and oxygen atoms in total. The Hall–Kier alpha value is -2.93. The van der Waals surface area contributed by atoms with Gasteiger partial charge in [-0.25, -0.2) is 13.1 Å². The second-order valence-electron chi connectivity index (χ2n) is 6.43. The minimum Gasteiger partial charge on any atom is -0.345 e. The van der Waals surface area contributed by atoms with Crippen molar-refractivity contribution in [2.75, 3.05) is 6.26 Å². The third-order valence-electron chi connectivity index (χ3n) is 4.41. The lowest BCUT2D eigenvalue weighted by atomic mass is 10.1. The Bertz CT molecular complexity index is 1060. The minimum absolute atomic E-state index is 0.227. The number of rotatable bonds is 5. The number of sulfone groups is 1. The molecule has 1 amide bonds. The number of hydrogen-bond donors (Lipinski definition) is 1. The number of benzene rings is 2. The summed E-state index contributed by atoms with van der Waals surface area (Å²) in [7, 11) is -3.24. The topological polar surface area (TPSA) is 81.1 Å². The highest BCUT2D eigenvalue weighted by Gasteiger charge is 2.18. The van der Waals surface area contributed by atoms with Crippen LogP contribution >= 0.6 is 0 Å². The van der Waals surface area contributed by atoms with E-state index in [-0.39, 0.29) is 16.8 Å². The van der Waals surface area contributed by atoms with Crippen LogP contribution in [0.15, 0.2) is 65.7 Å². The number of nitrogens with zero attached hydrogens (tertiary/aromatic N) is 2. The van der Waals surface area contributed by atoms with Crippen LogP contribution in [0.3, 0.4) is 0 Å². The van der Waals surface area contributed by atoms with Gasteiger partial charge < -0.3 is 5.32 Å². The van der Waals surface area contributed by atoms with Crippen LogP contribution in [0.4, 0.5) is 0 Å². The van der Waals surface area contributed by atoms with E-state index in [0.29, 0.717) is 5.56 Å². The van der Waals surface area contributed by atoms with Crippen LogP contribution in [0.2, 0.25) is 0 Å². The summed E-state index contributed by atoms with van der Waals surface area (Å²) in [4.78, 5) is 12.9. The molecule has 0 fully saturated rings. The summed E-state index contributed by atoms with van der Waals surface area (Å²) in [6.07, 6.45) is 2.72. The van der Waals surface area contributed by atoms with Crippen molar-refractivity contribution in [1.29, 1.82) is 0 Å². The van der Waals surface area contributed by atoms with E-state index in [0.717, 1.165) is 16.9 Å². The normalized spacial score (nSPS) is 12.6. The Labute approximate surface area is 158 Å². The fourth-order valence-electron chi connectivity index (χ4n) is 2.82. The predicted molar refractivity (Wildman–Crippen MR) is 104 cm³/mol. The first kappa shape index (κ1) is 18.8. The largest absolute Gasteiger partial charge is 0.345 e. The molecule has 0 saturated heterocycles. The molecular formula is C20H21N3O3S. The highest BCUT2D eigenvalue weighted by molar-refractivity contribution is 7.90. The van der Waals surface area contributed by atoms with E-state index in [4.69, 9.17) is 0 Å². The average Bonchev–Trinajstić information content (AvgIpc) is 3.03. The molecule has 0 bridgehead atoms. The first-order valence-electron chi connectivity index (χ1n) is 8.48. The zero-order chi connectivity index (χ0) is 19.6. The fraction of sp³-hybridized carbons (Fsp3) is 0.200. The van der Waals surface area contributed by atoms with Crippen molar-refractivity contribution in [2.45, 2.75) is 24.8 Å². The molecule has 0 spiro atoms. The molecule has 1 aromatic heterocycles. The summed E-state index contributed by atoms with van der Waals surface area (Å²) in [5.41, 5.74) is 2.96. The van der Waals surface area contributed by atoms with Gasteiger partial charge in [0.05, 0.1) is 34.1 Å². The SMILES string of the molecule is Cc1c(C(=O)N[C@@H](C)c2ccc(S(C)(=O)=O)cc2)cnn1-c1ccccc1. The molecule has 0 unspecified atom stereocenters. The Morgan fingerprint density at radius 1 is 1.07 bits per heavy atom. The summed E-state index contributed by atoms with van der Waals surface area (Å²) in [5, 5.41) is 7.25. The van der Waals surface area contributed by atoms with Gasteiger partial charge in [-0.1, -0.05) is 30.3 Å². The van der Waals surface area contributed by atoms with E-state index in [1.807, 2.05) is 44.2 Å². The van der Waals surface area contributed by atoms with Gasteiger partial charge in [-0.3, -0.25) is 4.79 Å². The molecule has 0 aliphatic rings. The third kappa shape index (κ3) is 4.09. The van der Waals surface area contributed by atoms with Gasteiger partial charge in [-0.05, 0) is 43.7 Å². The molecule has 140 valence electrons. The molecule has 2 aromatic carbocycles. The summed E-state index contributed by atoms with van der Waals surface area (Å²) in [6, 6.07) is 15.8. The van der Waals surface area contributed by atoms with Crippen molar-refractivity contribution >= 4 is 15.7 Å². The molecule has 3 rings (SSSR count). The molecule has 3 aromatic rings. The van der Waals surface area contributed by atoms with Crippen LogP contribution in [-0.4, -0.2) is 30.4 Å². The molecule has 0 aliphatic carbocycles. The molecule has 0 saturated carbocycles. The van der Waals surface area contributed by atoms with Crippen LogP contribution in [0.5, 0.6) is 0 Å². The van der Waals surface area contributed by atoms with Crippen molar-refractivity contribution in [3.8, 4) is 5.69 Å². The van der Waals surface area contributed by atoms with Crippen LogP contribution < -0.4 is 5.32 Å². The quantitative estimate of drug-likeness (QED) is 0.734. The maximum absolute atomic E-state index is 12.7. The second-order valence-corrected chi connectivity index (χ2v) is 8.44. The number of para-hydroxylation sites is 1. The Balaban J connectivity index is 1.77. The number of hydrogen-bond acceptors (Lipinski definition) is 4. The molecule has 1 heterocycles. The van der Waals surface area contributed by atoms with Crippen molar-refractivity contribution in [1.82, 2.24) is 15.1 Å². The van der Waals surface area contributed by atoms with Crippen LogP contribution in [0.1, 0.15) is 34.6 Å². The van der Waals surface area contributed by atoms with Gasteiger partial charge in [0, 0.05) is 6.26 Å². The lowest BCUT2D eigenvalue weighted by Crippen LogP contribution is -2.27. The Morgan fingerprint density at radius 2 is 1.70 bits per heavy atom. The van der Waals surface area contributed by atoms with Gasteiger partial charge in [-0.2, -0.15) is 5.10 Å². The van der Waals surface area contributed by atoms with E-state index in [1.54, 1.807) is 35.1 Å². The summed E-state index contributed by atoms with van der Waals surface area (Å²) in [6.45, 7) is 3.70. The van der Waals surface area contributed by atoms with E-state index in [1.165, 1.54) is 6.26 Å². The van der Waals surface area contributed by atoms with Crippen molar-refractivity contribution in [2.24, 2.45) is 0 Å². The van der Waals surface area contributed by atoms with Crippen molar-refractivity contribution in [3.63, 3.8) is 0 Å². The van der Waals surface area contributed by atoms with Crippen LogP contribution in [0, 0.1) is 6.92 Å².